The Kier molecular flexibility index (Phi) is 3.15. The van der Waals surface area contributed by atoms with Gasteiger partial charge in [0, 0.05) is 19.3 Å². The van der Waals surface area contributed by atoms with Crippen LogP contribution in [0.3, 0.4) is 0 Å². The molecule has 0 saturated carbocycles. The van der Waals surface area contributed by atoms with Crippen LogP contribution < -0.4 is 4.90 Å². The van der Waals surface area contributed by atoms with Crippen molar-refractivity contribution in [2.45, 2.75) is 19.3 Å². The zero-order chi connectivity index (χ0) is 14.3. The molecule has 0 bridgehead atoms. The fourth-order valence-electron chi connectivity index (χ4n) is 2.16. The standard InChI is InChI=1S/C11H9BrF3N5/c12-7-2-1-3-16-9(7)19-4-5-20-8(6-19)17-18-10(20)11(13,14)15/h1-3H,4-6H2. The lowest BCUT2D eigenvalue weighted by Crippen LogP contribution is -2.36. The minimum absolute atomic E-state index is 0.181. The van der Waals surface area contributed by atoms with Crippen LogP contribution in [0.1, 0.15) is 11.6 Å². The van der Waals surface area contributed by atoms with Gasteiger partial charge in [-0.15, -0.1) is 10.2 Å². The SMILES string of the molecule is FC(F)(F)c1nnc2n1CCN(c1ncccc1Br)C2. The van der Waals surface area contributed by atoms with E-state index in [0.717, 1.165) is 9.04 Å². The third-order valence-corrected chi connectivity index (χ3v) is 3.66. The van der Waals surface area contributed by atoms with Gasteiger partial charge in [0.2, 0.25) is 5.82 Å². The van der Waals surface area contributed by atoms with Crippen LogP contribution in [0.15, 0.2) is 22.8 Å². The van der Waals surface area contributed by atoms with E-state index in [1.165, 1.54) is 0 Å². The first kappa shape index (κ1) is 13.3. The lowest BCUT2D eigenvalue weighted by atomic mass is 10.3. The Morgan fingerprint density at radius 3 is 2.70 bits per heavy atom. The Morgan fingerprint density at radius 2 is 2.00 bits per heavy atom. The van der Waals surface area contributed by atoms with Gasteiger partial charge in [-0.25, -0.2) is 4.98 Å². The number of aromatic nitrogens is 4. The predicted molar refractivity (Wildman–Crippen MR) is 68.0 cm³/mol. The van der Waals surface area contributed by atoms with E-state index in [4.69, 9.17) is 0 Å². The molecule has 1 aliphatic rings. The van der Waals surface area contributed by atoms with Crippen LogP contribution in [0.4, 0.5) is 19.0 Å². The molecule has 2 aromatic rings. The predicted octanol–water partition coefficient (Wildman–Crippen LogP) is 2.47. The maximum absolute atomic E-state index is 12.7. The molecular formula is C11H9BrF3N5. The molecule has 0 atom stereocenters. The summed E-state index contributed by atoms with van der Waals surface area (Å²) in [7, 11) is 0. The fourth-order valence-corrected chi connectivity index (χ4v) is 2.66. The Bertz CT molecular complexity index is 639. The van der Waals surface area contributed by atoms with Crippen LogP contribution in [0, 0.1) is 0 Å². The topological polar surface area (TPSA) is 46.8 Å². The number of hydrogen-bond acceptors (Lipinski definition) is 4. The largest absolute Gasteiger partial charge is 0.451 e. The van der Waals surface area contributed by atoms with Gasteiger partial charge in [0.05, 0.1) is 11.0 Å². The molecule has 1 aliphatic heterocycles. The van der Waals surface area contributed by atoms with Crippen LogP contribution in [-0.2, 0) is 19.3 Å². The highest BCUT2D eigenvalue weighted by molar-refractivity contribution is 9.10. The monoisotopic (exact) mass is 347 g/mol. The van der Waals surface area contributed by atoms with Gasteiger partial charge in [0.1, 0.15) is 5.82 Å². The van der Waals surface area contributed by atoms with Gasteiger partial charge < -0.3 is 9.47 Å². The van der Waals surface area contributed by atoms with Crippen LogP contribution in [0.5, 0.6) is 0 Å². The van der Waals surface area contributed by atoms with Crippen molar-refractivity contribution in [3.8, 4) is 0 Å². The zero-order valence-corrected chi connectivity index (χ0v) is 11.7. The average molecular weight is 348 g/mol. The smallest absolute Gasteiger partial charge is 0.346 e. The fraction of sp³-hybridized carbons (Fsp3) is 0.364. The van der Waals surface area contributed by atoms with Crippen molar-refractivity contribution in [1.82, 2.24) is 19.7 Å². The number of hydrogen-bond donors (Lipinski definition) is 0. The maximum atomic E-state index is 12.7. The van der Waals surface area contributed by atoms with Gasteiger partial charge in [0.25, 0.3) is 0 Å². The van der Waals surface area contributed by atoms with Crippen molar-refractivity contribution in [1.29, 1.82) is 0 Å². The van der Waals surface area contributed by atoms with E-state index in [0.29, 0.717) is 18.2 Å². The second-order valence-corrected chi connectivity index (χ2v) is 5.17. The normalized spacial score (nSPS) is 15.3. The van der Waals surface area contributed by atoms with E-state index in [2.05, 4.69) is 31.1 Å². The van der Waals surface area contributed by atoms with Crippen LogP contribution in [-0.4, -0.2) is 26.3 Å². The molecule has 3 rings (SSSR count). The number of alkyl halides is 3. The number of pyridine rings is 1. The third-order valence-electron chi connectivity index (χ3n) is 3.05. The van der Waals surface area contributed by atoms with E-state index < -0.39 is 12.0 Å². The summed E-state index contributed by atoms with van der Waals surface area (Å²) in [5.74, 6) is 0.0451. The molecule has 106 valence electrons. The second kappa shape index (κ2) is 4.72. The van der Waals surface area contributed by atoms with Gasteiger partial charge in [-0.3, -0.25) is 0 Å². The summed E-state index contributed by atoms with van der Waals surface area (Å²) >= 11 is 3.38. The first-order valence-electron chi connectivity index (χ1n) is 5.81. The summed E-state index contributed by atoms with van der Waals surface area (Å²) in [5.41, 5.74) is 0. The number of anilines is 1. The lowest BCUT2D eigenvalue weighted by molar-refractivity contribution is -0.147. The molecule has 0 aliphatic carbocycles. The van der Waals surface area contributed by atoms with Gasteiger partial charge in [-0.05, 0) is 28.1 Å². The van der Waals surface area contributed by atoms with E-state index in [1.54, 1.807) is 12.3 Å². The Hall–Kier alpha value is -1.64. The Labute approximate surface area is 120 Å². The summed E-state index contributed by atoms with van der Waals surface area (Å²) < 4.78 is 40.1. The molecule has 20 heavy (non-hydrogen) atoms. The van der Waals surface area contributed by atoms with E-state index >= 15 is 0 Å². The lowest BCUT2D eigenvalue weighted by Gasteiger charge is -2.29. The molecule has 9 heteroatoms. The maximum Gasteiger partial charge on any atom is 0.451 e. The van der Waals surface area contributed by atoms with Crippen LogP contribution in [0.25, 0.3) is 0 Å². The van der Waals surface area contributed by atoms with Crippen molar-refractivity contribution in [3.05, 3.63) is 34.5 Å². The minimum Gasteiger partial charge on any atom is -0.346 e. The third kappa shape index (κ3) is 2.26. The molecule has 0 N–H and O–H groups in total. The van der Waals surface area contributed by atoms with E-state index in [-0.39, 0.29) is 13.1 Å². The van der Waals surface area contributed by atoms with Crippen LogP contribution >= 0.6 is 15.9 Å². The number of nitrogens with zero attached hydrogens (tertiary/aromatic N) is 5. The Balaban J connectivity index is 1.91. The number of halogens is 4. The van der Waals surface area contributed by atoms with Gasteiger partial charge in [-0.2, -0.15) is 13.2 Å². The average Bonchev–Trinajstić information content (AvgIpc) is 2.82. The van der Waals surface area contributed by atoms with Crippen molar-refractivity contribution in [3.63, 3.8) is 0 Å². The molecule has 0 spiro atoms. The van der Waals surface area contributed by atoms with E-state index in [1.807, 2.05) is 11.0 Å². The molecule has 0 amide bonds. The molecule has 3 heterocycles. The molecular weight excluding hydrogens is 339 g/mol. The van der Waals surface area contributed by atoms with E-state index in [9.17, 15) is 13.2 Å². The molecule has 5 nitrogen and oxygen atoms in total. The summed E-state index contributed by atoms with van der Waals surface area (Å²) in [5, 5.41) is 6.89. The van der Waals surface area contributed by atoms with Crippen molar-refractivity contribution in [2.24, 2.45) is 0 Å². The Morgan fingerprint density at radius 1 is 1.20 bits per heavy atom. The number of rotatable bonds is 1. The highest BCUT2D eigenvalue weighted by atomic mass is 79.9. The molecule has 0 saturated heterocycles. The highest BCUT2D eigenvalue weighted by Crippen LogP contribution is 2.31. The first-order chi connectivity index (χ1) is 9.47. The molecule has 0 fully saturated rings. The quantitative estimate of drug-likeness (QED) is 0.795. The molecule has 0 radical (unpaired) electrons. The number of fused-ring (bicyclic) bond motifs is 1. The summed E-state index contributed by atoms with van der Waals surface area (Å²) in [6, 6.07) is 3.62. The molecule has 0 aromatic carbocycles. The zero-order valence-electron chi connectivity index (χ0n) is 10.1. The van der Waals surface area contributed by atoms with Crippen molar-refractivity contribution in [2.75, 3.05) is 11.4 Å². The molecule has 2 aromatic heterocycles. The minimum atomic E-state index is -4.47. The first-order valence-corrected chi connectivity index (χ1v) is 6.61. The van der Waals surface area contributed by atoms with Crippen molar-refractivity contribution < 1.29 is 13.2 Å². The molecule has 0 unspecified atom stereocenters. The van der Waals surface area contributed by atoms with Gasteiger partial charge in [-0.1, -0.05) is 0 Å². The highest BCUT2D eigenvalue weighted by Gasteiger charge is 2.39. The van der Waals surface area contributed by atoms with Crippen molar-refractivity contribution >= 4 is 21.7 Å². The summed E-state index contributed by atoms with van der Waals surface area (Å²) in [6.45, 7) is 0.850. The summed E-state index contributed by atoms with van der Waals surface area (Å²) in [6.07, 6.45) is -2.83. The van der Waals surface area contributed by atoms with Gasteiger partial charge >= 0.3 is 6.18 Å². The van der Waals surface area contributed by atoms with Gasteiger partial charge in [0.15, 0.2) is 5.82 Å². The van der Waals surface area contributed by atoms with Crippen LogP contribution in [0.2, 0.25) is 0 Å². The summed E-state index contributed by atoms with van der Waals surface area (Å²) in [4.78, 5) is 6.10. The second-order valence-electron chi connectivity index (χ2n) is 4.32.